The van der Waals surface area contributed by atoms with Gasteiger partial charge in [-0.05, 0) is 0 Å². The van der Waals surface area contributed by atoms with E-state index in [4.69, 9.17) is 11.6 Å². The van der Waals surface area contributed by atoms with Gasteiger partial charge in [0.15, 0.2) is 11.6 Å². The zero-order chi connectivity index (χ0) is 11.5. The molecular weight excluding hydrogens is 222 g/mol. The van der Waals surface area contributed by atoms with Crippen LogP contribution in [0.3, 0.4) is 0 Å². The Morgan fingerprint density at radius 1 is 1.12 bits per heavy atom. The first-order chi connectivity index (χ1) is 7.68. The van der Waals surface area contributed by atoms with Crippen LogP contribution in [0.4, 0.5) is 5.82 Å². The fourth-order valence-electron chi connectivity index (χ4n) is 1.40. The van der Waals surface area contributed by atoms with E-state index in [1.807, 2.05) is 49.3 Å². The number of hydrogen-bond donors (Lipinski definition) is 0. The predicted octanol–water partition coefficient (Wildman–Crippen LogP) is 2.86. The highest BCUT2D eigenvalue weighted by atomic mass is 35.5. The van der Waals surface area contributed by atoms with Crippen LogP contribution in [0.15, 0.2) is 36.5 Å². The Balaban J connectivity index is 2.48. The fourth-order valence-corrected chi connectivity index (χ4v) is 1.66. The molecule has 0 amide bonds. The second-order valence-corrected chi connectivity index (χ2v) is 4.03. The number of halogens is 1. The highest BCUT2D eigenvalue weighted by Gasteiger charge is 2.08. The smallest absolute Gasteiger partial charge is 0.161 e. The molecule has 82 valence electrons. The van der Waals surface area contributed by atoms with E-state index in [1.165, 1.54) is 0 Å². The van der Waals surface area contributed by atoms with Gasteiger partial charge in [-0.1, -0.05) is 41.9 Å². The van der Waals surface area contributed by atoms with Crippen LogP contribution in [0.1, 0.15) is 0 Å². The van der Waals surface area contributed by atoms with Crippen LogP contribution in [0, 0.1) is 0 Å². The Morgan fingerprint density at radius 3 is 2.44 bits per heavy atom. The lowest BCUT2D eigenvalue weighted by Crippen LogP contribution is -2.12. The summed E-state index contributed by atoms with van der Waals surface area (Å²) in [5.74, 6) is 1.42. The summed E-state index contributed by atoms with van der Waals surface area (Å²) in [6.07, 6.45) is 1.63. The molecule has 2 rings (SSSR count). The fraction of sp³-hybridized carbons (Fsp3) is 0.167. The summed E-state index contributed by atoms with van der Waals surface area (Å²) in [6.45, 7) is 0. The third kappa shape index (κ3) is 2.14. The van der Waals surface area contributed by atoms with E-state index in [2.05, 4.69) is 9.97 Å². The largest absolute Gasteiger partial charge is 0.361 e. The van der Waals surface area contributed by atoms with Crippen molar-refractivity contribution in [3.63, 3.8) is 0 Å². The first kappa shape index (κ1) is 10.9. The molecule has 0 atom stereocenters. The van der Waals surface area contributed by atoms with Crippen molar-refractivity contribution in [2.45, 2.75) is 0 Å². The molecule has 0 bridgehead atoms. The summed E-state index contributed by atoms with van der Waals surface area (Å²) in [4.78, 5) is 10.5. The van der Waals surface area contributed by atoms with Gasteiger partial charge in [-0.3, -0.25) is 0 Å². The molecule has 1 heterocycles. The lowest BCUT2D eigenvalue weighted by Gasteiger charge is -2.13. The summed E-state index contributed by atoms with van der Waals surface area (Å²) in [5, 5.41) is 0.560. The van der Waals surface area contributed by atoms with E-state index in [1.54, 1.807) is 6.20 Å². The van der Waals surface area contributed by atoms with Gasteiger partial charge in [0, 0.05) is 19.7 Å². The number of benzene rings is 1. The molecule has 0 fully saturated rings. The van der Waals surface area contributed by atoms with Crippen LogP contribution in [0.25, 0.3) is 11.4 Å². The lowest BCUT2D eigenvalue weighted by molar-refractivity contribution is 1.04. The number of aromatic nitrogens is 2. The highest BCUT2D eigenvalue weighted by Crippen LogP contribution is 2.24. The second-order valence-electron chi connectivity index (χ2n) is 3.63. The average Bonchev–Trinajstić information content (AvgIpc) is 2.30. The average molecular weight is 234 g/mol. The second kappa shape index (κ2) is 4.49. The minimum absolute atomic E-state index is 0.560. The Labute approximate surface area is 99.7 Å². The first-order valence-electron chi connectivity index (χ1n) is 4.94. The first-order valence-corrected chi connectivity index (χ1v) is 5.31. The van der Waals surface area contributed by atoms with Gasteiger partial charge < -0.3 is 4.90 Å². The quantitative estimate of drug-likeness (QED) is 0.799. The number of hydrogen-bond acceptors (Lipinski definition) is 3. The van der Waals surface area contributed by atoms with E-state index in [-0.39, 0.29) is 0 Å². The van der Waals surface area contributed by atoms with Crippen molar-refractivity contribution in [3.05, 3.63) is 41.6 Å². The molecule has 0 aliphatic rings. The van der Waals surface area contributed by atoms with Gasteiger partial charge >= 0.3 is 0 Å². The highest BCUT2D eigenvalue weighted by molar-refractivity contribution is 6.32. The molecule has 1 aromatic carbocycles. The molecular formula is C12H12ClN3. The van der Waals surface area contributed by atoms with E-state index < -0.39 is 0 Å². The van der Waals surface area contributed by atoms with E-state index in [0.717, 1.165) is 11.4 Å². The maximum absolute atomic E-state index is 6.01. The molecule has 4 heteroatoms. The molecule has 3 nitrogen and oxygen atoms in total. The summed E-state index contributed by atoms with van der Waals surface area (Å²) in [6, 6.07) is 9.84. The standard InChI is InChI=1S/C12H12ClN3/c1-16(2)12-10(13)8-14-11(15-12)9-6-4-3-5-7-9/h3-8H,1-2H3. The topological polar surface area (TPSA) is 29.0 Å². The molecule has 16 heavy (non-hydrogen) atoms. The molecule has 0 aliphatic heterocycles. The normalized spacial score (nSPS) is 10.2. The zero-order valence-electron chi connectivity index (χ0n) is 9.18. The van der Waals surface area contributed by atoms with E-state index >= 15 is 0 Å². The van der Waals surface area contributed by atoms with E-state index in [9.17, 15) is 0 Å². The summed E-state index contributed by atoms with van der Waals surface area (Å²) in [5.41, 5.74) is 0.988. The summed E-state index contributed by atoms with van der Waals surface area (Å²) in [7, 11) is 3.81. The Bertz CT molecular complexity index is 483. The molecule has 0 aliphatic carbocycles. The molecule has 0 saturated heterocycles. The van der Waals surface area contributed by atoms with Crippen LogP contribution in [0.2, 0.25) is 5.02 Å². The zero-order valence-corrected chi connectivity index (χ0v) is 9.94. The van der Waals surface area contributed by atoms with Crippen LogP contribution in [-0.4, -0.2) is 24.1 Å². The number of rotatable bonds is 2. The van der Waals surface area contributed by atoms with Gasteiger partial charge in [-0.15, -0.1) is 0 Å². The molecule has 0 unspecified atom stereocenters. The van der Waals surface area contributed by atoms with Gasteiger partial charge in [0.05, 0.1) is 6.20 Å². The number of anilines is 1. The van der Waals surface area contributed by atoms with Crippen molar-refractivity contribution < 1.29 is 0 Å². The monoisotopic (exact) mass is 233 g/mol. The summed E-state index contributed by atoms with van der Waals surface area (Å²) < 4.78 is 0. The van der Waals surface area contributed by atoms with Crippen LogP contribution in [0.5, 0.6) is 0 Å². The van der Waals surface area contributed by atoms with Crippen LogP contribution in [-0.2, 0) is 0 Å². The molecule has 2 aromatic rings. The minimum Gasteiger partial charge on any atom is -0.361 e. The summed E-state index contributed by atoms with van der Waals surface area (Å²) >= 11 is 6.01. The van der Waals surface area contributed by atoms with Crippen molar-refractivity contribution in [2.75, 3.05) is 19.0 Å². The molecule has 0 N–H and O–H groups in total. The van der Waals surface area contributed by atoms with Gasteiger partial charge in [0.2, 0.25) is 0 Å². The molecule has 0 spiro atoms. The molecule has 0 saturated carbocycles. The SMILES string of the molecule is CN(C)c1nc(-c2ccccc2)ncc1Cl. The minimum atomic E-state index is 0.560. The number of nitrogens with zero attached hydrogens (tertiary/aromatic N) is 3. The van der Waals surface area contributed by atoms with Crippen molar-refractivity contribution in [3.8, 4) is 11.4 Å². The van der Waals surface area contributed by atoms with Crippen molar-refractivity contribution in [1.29, 1.82) is 0 Å². The van der Waals surface area contributed by atoms with Crippen LogP contribution < -0.4 is 4.90 Å². The Morgan fingerprint density at radius 2 is 1.81 bits per heavy atom. The maximum atomic E-state index is 6.01. The molecule has 1 aromatic heterocycles. The van der Waals surface area contributed by atoms with Gasteiger partial charge in [-0.25, -0.2) is 9.97 Å². The lowest BCUT2D eigenvalue weighted by atomic mass is 10.2. The van der Waals surface area contributed by atoms with Gasteiger partial charge in [-0.2, -0.15) is 0 Å². The van der Waals surface area contributed by atoms with Gasteiger partial charge in [0.25, 0.3) is 0 Å². The Hall–Kier alpha value is -1.61. The third-order valence-corrected chi connectivity index (χ3v) is 2.45. The predicted molar refractivity (Wildman–Crippen MR) is 66.8 cm³/mol. The maximum Gasteiger partial charge on any atom is 0.161 e. The van der Waals surface area contributed by atoms with Crippen molar-refractivity contribution >= 4 is 17.4 Å². The van der Waals surface area contributed by atoms with Crippen LogP contribution >= 0.6 is 11.6 Å². The van der Waals surface area contributed by atoms with Crippen molar-refractivity contribution in [1.82, 2.24) is 9.97 Å². The van der Waals surface area contributed by atoms with Gasteiger partial charge in [0.1, 0.15) is 5.02 Å². The Kier molecular flexibility index (Phi) is 3.06. The third-order valence-electron chi connectivity index (χ3n) is 2.18. The molecule has 0 radical (unpaired) electrons. The van der Waals surface area contributed by atoms with E-state index in [0.29, 0.717) is 10.8 Å². The van der Waals surface area contributed by atoms with Crippen molar-refractivity contribution in [2.24, 2.45) is 0 Å².